The molecule has 6 rings (SSSR count). The molecule has 236 valence electrons. The molecule has 0 bridgehead atoms. The van der Waals surface area contributed by atoms with E-state index in [0.29, 0.717) is 56.3 Å². The molecule has 1 aliphatic carbocycles. The predicted octanol–water partition coefficient (Wildman–Crippen LogP) is 7.35. The molecule has 1 aromatic heterocycles. The van der Waals surface area contributed by atoms with Crippen molar-refractivity contribution >= 4 is 50.7 Å². The quantitative estimate of drug-likeness (QED) is 0.189. The first kappa shape index (κ1) is 31.5. The van der Waals surface area contributed by atoms with Gasteiger partial charge in [0.2, 0.25) is 0 Å². The third-order valence-corrected chi connectivity index (χ3v) is 9.87. The van der Waals surface area contributed by atoms with Crippen LogP contribution in [0.4, 0.5) is 5.69 Å². The van der Waals surface area contributed by atoms with Gasteiger partial charge in [-0.3, -0.25) is 4.79 Å². The second-order valence-electron chi connectivity index (χ2n) is 11.1. The molecular formula is C34H31Cl2N6O3S-. The van der Waals surface area contributed by atoms with E-state index in [2.05, 4.69) is 6.08 Å². The lowest BCUT2D eigenvalue weighted by Gasteiger charge is -2.16. The normalized spacial score (nSPS) is 16.8. The standard InChI is InChI=1S/C34H31Cl2N6O3S/c35-25-13-14-28(29(36)18-25)32-20-41(26-7-4-8-27(19-26)42-21-34(43)40-46(42,44)45)33(39-32)17-22-9-11-24(12-10-22)31(38)16-15-30(37)23-5-2-1-3-6-23/h4-5,7-16,18-20,38H,1-3,6,17,21,37H2,(H,40,43)/q-1/b30-15-,31-16-. The highest BCUT2D eigenvalue weighted by Crippen LogP contribution is 2.32. The molecule has 1 fully saturated rings. The zero-order valence-electron chi connectivity index (χ0n) is 24.7. The van der Waals surface area contributed by atoms with E-state index in [-0.39, 0.29) is 6.54 Å². The van der Waals surface area contributed by atoms with Crippen molar-refractivity contribution in [2.24, 2.45) is 5.73 Å². The lowest BCUT2D eigenvalue weighted by atomic mass is 9.97. The zero-order chi connectivity index (χ0) is 32.4. The van der Waals surface area contributed by atoms with Gasteiger partial charge in [0.05, 0.1) is 16.4 Å². The summed E-state index contributed by atoms with van der Waals surface area (Å²) < 4.78 is 30.0. The number of carbonyl (C=O) groups is 1. The van der Waals surface area contributed by atoms with Gasteiger partial charge in [0.1, 0.15) is 12.4 Å². The van der Waals surface area contributed by atoms with Crippen LogP contribution in [0.25, 0.3) is 28.4 Å². The second kappa shape index (κ2) is 13.1. The van der Waals surface area contributed by atoms with E-state index in [0.717, 1.165) is 40.3 Å². The molecule has 1 aliphatic heterocycles. The van der Waals surface area contributed by atoms with Crippen molar-refractivity contribution in [3.8, 4) is 16.9 Å². The van der Waals surface area contributed by atoms with Gasteiger partial charge in [-0.2, -0.15) is 8.42 Å². The molecule has 0 radical (unpaired) electrons. The van der Waals surface area contributed by atoms with Crippen molar-refractivity contribution < 1.29 is 13.2 Å². The fourth-order valence-electron chi connectivity index (χ4n) is 5.53. The monoisotopic (exact) mass is 673 g/mol. The Balaban J connectivity index is 1.32. The summed E-state index contributed by atoms with van der Waals surface area (Å²) in [6.07, 6.45) is 12.3. The maximum absolute atomic E-state index is 12.5. The summed E-state index contributed by atoms with van der Waals surface area (Å²) >= 11 is 12.7. The Hall–Kier alpha value is -4.51. The van der Waals surface area contributed by atoms with Crippen LogP contribution >= 0.6 is 23.2 Å². The van der Waals surface area contributed by atoms with Crippen molar-refractivity contribution in [2.75, 3.05) is 10.8 Å². The minimum absolute atomic E-state index is 0.298. The van der Waals surface area contributed by atoms with Gasteiger partial charge < -0.3 is 16.0 Å². The highest BCUT2D eigenvalue weighted by Gasteiger charge is 2.34. The van der Waals surface area contributed by atoms with Gasteiger partial charge in [-0.25, -0.2) is 14.0 Å². The summed E-state index contributed by atoms with van der Waals surface area (Å²) in [4.78, 5) is 16.8. The molecule has 0 unspecified atom stereocenters. The molecule has 1 amide bonds. The Labute approximate surface area is 278 Å². The number of nitrogens with one attached hydrogen (secondary N) is 2. The van der Waals surface area contributed by atoms with Crippen molar-refractivity contribution in [2.45, 2.75) is 32.1 Å². The third kappa shape index (κ3) is 6.84. The number of nitrogens with two attached hydrogens (primary N) is 1. The molecule has 12 heteroatoms. The van der Waals surface area contributed by atoms with Crippen molar-refractivity contribution in [3.05, 3.63) is 135 Å². The Morgan fingerprint density at radius 1 is 1.02 bits per heavy atom. The van der Waals surface area contributed by atoms with Gasteiger partial charge in [0, 0.05) is 34.6 Å². The predicted molar refractivity (Wildman–Crippen MR) is 184 cm³/mol. The molecule has 0 saturated carbocycles. The van der Waals surface area contributed by atoms with Gasteiger partial charge in [-0.1, -0.05) is 65.7 Å². The number of rotatable bonds is 8. The molecule has 3 aromatic carbocycles. The summed E-state index contributed by atoms with van der Waals surface area (Å²) in [7, 11) is -3.97. The summed E-state index contributed by atoms with van der Waals surface area (Å²) in [5.74, 6) is 0.0751. The molecule has 2 heterocycles. The molecule has 46 heavy (non-hydrogen) atoms. The average molecular weight is 675 g/mol. The van der Waals surface area contributed by atoms with Gasteiger partial charge in [-0.05, 0) is 84.9 Å². The van der Waals surface area contributed by atoms with Gasteiger partial charge in [-0.15, -0.1) is 5.70 Å². The number of halogens is 2. The molecule has 4 N–H and O–H groups in total. The van der Waals surface area contributed by atoms with E-state index in [1.165, 1.54) is 6.42 Å². The maximum Gasteiger partial charge on any atom is 0.326 e. The number of anilines is 1. The van der Waals surface area contributed by atoms with Crippen LogP contribution < -0.4 is 14.8 Å². The Bertz CT molecular complexity index is 2020. The minimum atomic E-state index is -3.97. The Morgan fingerprint density at radius 2 is 1.80 bits per heavy atom. The van der Waals surface area contributed by atoms with Crippen molar-refractivity contribution in [3.63, 3.8) is 0 Å². The lowest BCUT2D eigenvalue weighted by molar-refractivity contribution is -0.117. The number of aromatic nitrogens is 2. The van der Waals surface area contributed by atoms with E-state index in [9.17, 15) is 13.2 Å². The van der Waals surface area contributed by atoms with E-state index >= 15 is 0 Å². The van der Waals surface area contributed by atoms with Crippen molar-refractivity contribution in [1.29, 1.82) is 0 Å². The number of imidazole rings is 1. The van der Waals surface area contributed by atoms with Crippen LogP contribution in [0.1, 0.15) is 42.6 Å². The fraction of sp³-hybridized carbons (Fsp3) is 0.176. The van der Waals surface area contributed by atoms with E-state index in [4.69, 9.17) is 39.7 Å². The third-order valence-electron chi connectivity index (χ3n) is 7.92. The molecule has 9 nitrogen and oxygen atoms in total. The number of hydrogen-bond acceptors (Lipinski definition) is 5. The molecule has 0 atom stereocenters. The number of benzene rings is 3. The Kier molecular flexibility index (Phi) is 8.95. The van der Waals surface area contributed by atoms with E-state index < -0.39 is 16.1 Å². The number of nitrogens with zero attached hydrogens (tertiary/aromatic N) is 3. The van der Waals surface area contributed by atoms with Crippen LogP contribution in [0, 0.1) is 0 Å². The highest BCUT2D eigenvalue weighted by molar-refractivity contribution is 7.92. The van der Waals surface area contributed by atoms with Crippen LogP contribution in [-0.2, 0) is 21.4 Å². The van der Waals surface area contributed by atoms with E-state index in [1.807, 2.05) is 45.8 Å². The zero-order valence-corrected chi connectivity index (χ0v) is 27.0. The van der Waals surface area contributed by atoms with Crippen LogP contribution in [0.5, 0.6) is 0 Å². The molecule has 0 spiro atoms. The molecule has 1 saturated heterocycles. The van der Waals surface area contributed by atoms with Crippen LogP contribution in [0.3, 0.4) is 0 Å². The van der Waals surface area contributed by atoms with Gasteiger partial charge >= 0.3 is 10.2 Å². The Morgan fingerprint density at radius 3 is 2.50 bits per heavy atom. The highest BCUT2D eigenvalue weighted by atomic mass is 35.5. The molecule has 4 aromatic rings. The summed E-state index contributed by atoms with van der Waals surface area (Å²) in [5, 5.41) is 0.946. The number of carbonyl (C=O) groups excluding carboxylic acids is 1. The first-order valence-corrected chi connectivity index (χ1v) is 16.9. The first-order valence-electron chi connectivity index (χ1n) is 14.7. The second-order valence-corrected chi connectivity index (χ2v) is 13.6. The van der Waals surface area contributed by atoms with Crippen LogP contribution in [0.2, 0.25) is 10.0 Å². The summed E-state index contributed by atoms with van der Waals surface area (Å²) in [6, 6.07) is 19.8. The number of amides is 1. The topological polar surface area (TPSA) is 134 Å². The molecule has 2 aliphatic rings. The first-order chi connectivity index (χ1) is 22.1. The van der Waals surface area contributed by atoms with Gasteiger partial charge in [0.15, 0.2) is 0 Å². The van der Waals surface area contributed by atoms with Crippen LogP contribution in [-0.4, -0.2) is 30.4 Å². The summed E-state index contributed by atoms with van der Waals surface area (Å²) in [5.41, 5.74) is 21.0. The summed E-state index contributed by atoms with van der Waals surface area (Å²) in [6.45, 7) is -0.298. The molecular weight excluding hydrogens is 643 g/mol. The SMILES string of the molecule is [NH-]/C(=C\C=C(/N)C1=CCCCC1)c1ccc(Cc2nc(-c3ccc(Cl)cc3Cl)cn2-c2cccc(N3CC(=O)NS3(=O)=O)c2)cc1. The minimum Gasteiger partial charge on any atom is -0.698 e. The van der Waals surface area contributed by atoms with E-state index in [1.54, 1.807) is 48.6 Å². The largest absolute Gasteiger partial charge is 0.698 e. The van der Waals surface area contributed by atoms with Crippen LogP contribution in [0.15, 0.2) is 102 Å². The number of hydrogen-bond donors (Lipinski definition) is 2. The average Bonchev–Trinajstić information content (AvgIpc) is 3.58. The van der Waals surface area contributed by atoms with Crippen molar-refractivity contribution in [1.82, 2.24) is 14.3 Å². The van der Waals surface area contributed by atoms with Gasteiger partial charge in [0.25, 0.3) is 5.91 Å². The number of allylic oxidation sites excluding steroid dienone is 4. The lowest BCUT2D eigenvalue weighted by Crippen LogP contribution is -2.29. The maximum atomic E-state index is 12.5. The smallest absolute Gasteiger partial charge is 0.326 e. The fourth-order valence-corrected chi connectivity index (χ4v) is 7.18.